The fraction of sp³-hybridized carbons (Fsp3) is 0.550. The van der Waals surface area contributed by atoms with E-state index in [1.165, 1.54) is 30.2 Å². The highest BCUT2D eigenvalue weighted by Crippen LogP contribution is 2.26. The van der Waals surface area contributed by atoms with E-state index in [0.29, 0.717) is 23.5 Å². The third kappa shape index (κ3) is 5.10. The fourth-order valence-corrected chi connectivity index (χ4v) is 4.06. The van der Waals surface area contributed by atoms with Gasteiger partial charge in [0.05, 0.1) is 5.25 Å². The molecule has 1 saturated heterocycles. The van der Waals surface area contributed by atoms with Crippen LogP contribution in [0.2, 0.25) is 0 Å². The van der Waals surface area contributed by atoms with Gasteiger partial charge in [-0.3, -0.25) is 4.79 Å². The summed E-state index contributed by atoms with van der Waals surface area (Å²) in [6.45, 7) is 5.81. The average molecular weight is 374 g/mol. The van der Waals surface area contributed by atoms with Crippen molar-refractivity contribution in [1.29, 1.82) is 0 Å². The highest BCUT2D eigenvalue weighted by molar-refractivity contribution is 8.00. The number of aromatic nitrogens is 2. The SMILES string of the molecule is CC(Sc1nnc(CC(C)c2ccccc2)o1)C(=O)N1CCCCCC1. The third-order valence-corrected chi connectivity index (χ3v) is 5.76. The molecule has 6 heteroatoms. The Kier molecular flexibility index (Phi) is 6.72. The molecule has 1 amide bonds. The predicted molar refractivity (Wildman–Crippen MR) is 103 cm³/mol. The minimum Gasteiger partial charge on any atom is -0.416 e. The van der Waals surface area contributed by atoms with Gasteiger partial charge < -0.3 is 9.32 Å². The molecule has 140 valence electrons. The highest BCUT2D eigenvalue weighted by Gasteiger charge is 2.24. The summed E-state index contributed by atoms with van der Waals surface area (Å²) >= 11 is 1.36. The maximum absolute atomic E-state index is 12.6. The van der Waals surface area contributed by atoms with Crippen molar-refractivity contribution in [1.82, 2.24) is 15.1 Å². The summed E-state index contributed by atoms with van der Waals surface area (Å²) in [7, 11) is 0. The topological polar surface area (TPSA) is 59.2 Å². The zero-order valence-electron chi connectivity index (χ0n) is 15.6. The van der Waals surface area contributed by atoms with Gasteiger partial charge >= 0.3 is 0 Å². The quantitative estimate of drug-likeness (QED) is 0.707. The molecular formula is C20H27N3O2S. The number of likely N-dealkylation sites (tertiary alicyclic amines) is 1. The van der Waals surface area contributed by atoms with E-state index in [9.17, 15) is 4.79 Å². The predicted octanol–water partition coefficient (Wildman–Crippen LogP) is 4.30. The highest BCUT2D eigenvalue weighted by atomic mass is 32.2. The summed E-state index contributed by atoms with van der Waals surface area (Å²) in [4.78, 5) is 14.6. The summed E-state index contributed by atoms with van der Waals surface area (Å²) in [5, 5.41) is 8.57. The molecule has 0 bridgehead atoms. The molecule has 1 aromatic carbocycles. The van der Waals surface area contributed by atoms with E-state index in [4.69, 9.17) is 4.42 Å². The van der Waals surface area contributed by atoms with Crippen LogP contribution in [0.5, 0.6) is 0 Å². The first-order valence-corrected chi connectivity index (χ1v) is 10.3. The number of rotatable bonds is 6. The van der Waals surface area contributed by atoms with Crippen LogP contribution in [0.1, 0.15) is 56.9 Å². The van der Waals surface area contributed by atoms with Crippen LogP contribution in [-0.4, -0.2) is 39.3 Å². The van der Waals surface area contributed by atoms with Crippen LogP contribution in [0.4, 0.5) is 0 Å². The Labute approximate surface area is 159 Å². The summed E-state index contributed by atoms with van der Waals surface area (Å²) in [5.41, 5.74) is 1.25. The second kappa shape index (κ2) is 9.21. The first-order valence-electron chi connectivity index (χ1n) is 9.46. The van der Waals surface area contributed by atoms with Gasteiger partial charge in [0.1, 0.15) is 0 Å². The second-order valence-corrected chi connectivity index (χ2v) is 8.27. The van der Waals surface area contributed by atoms with Gasteiger partial charge in [-0.1, -0.05) is 61.9 Å². The molecule has 0 radical (unpaired) electrons. The second-order valence-electron chi connectivity index (χ2n) is 6.98. The van der Waals surface area contributed by atoms with Gasteiger partial charge in [0.2, 0.25) is 11.8 Å². The van der Waals surface area contributed by atoms with Crippen LogP contribution in [-0.2, 0) is 11.2 Å². The minimum absolute atomic E-state index is 0.175. The Hall–Kier alpha value is -1.82. The van der Waals surface area contributed by atoms with E-state index >= 15 is 0 Å². The van der Waals surface area contributed by atoms with Gasteiger partial charge in [-0.15, -0.1) is 10.2 Å². The van der Waals surface area contributed by atoms with E-state index in [-0.39, 0.29) is 11.2 Å². The van der Waals surface area contributed by atoms with Crippen molar-refractivity contribution in [3.8, 4) is 0 Å². The summed E-state index contributed by atoms with van der Waals surface area (Å²) < 4.78 is 5.78. The maximum Gasteiger partial charge on any atom is 0.277 e. The molecule has 0 saturated carbocycles. The Morgan fingerprint density at radius 1 is 1.12 bits per heavy atom. The van der Waals surface area contributed by atoms with Crippen LogP contribution >= 0.6 is 11.8 Å². The maximum atomic E-state index is 12.6. The van der Waals surface area contributed by atoms with Gasteiger partial charge in [-0.25, -0.2) is 0 Å². The van der Waals surface area contributed by atoms with Gasteiger partial charge in [0, 0.05) is 19.5 Å². The smallest absolute Gasteiger partial charge is 0.277 e. The lowest BCUT2D eigenvalue weighted by Crippen LogP contribution is -2.37. The summed E-state index contributed by atoms with van der Waals surface area (Å²) in [5.74, 6) is 1.11. The monoisotopic (exact) mass is 373 g/mol. The van der Waals surface area contributed by atoms with Crippen LogP contribution in [0.25, 0.3) is 0 Å². The van der Waals surface area contributed by atoms with Crippen LogP contribution in [0.3, 0.4) is 0 Å². The van der Waals surface area contributed by atoms with Gasteiger partial charge in [-0.05, 0) is 31.2 Å². The standard InChI is InChI=1S/C20H27N3O2S/c1-15(17-10-6-5-7-11-17)14-18-21-22-20(25-18)26-16(2)19(24)23-12-8-3-4-9-13-23/h5-7,10-11,15-16H,3-4,8-9,12-14H2,1-2H3. The van der Waals surface area contributed by atoms with Crippen molar-refractivity contribution in [2.24, 2.45) is 0 Å². The Morgan fingerprint density at radius 3 is 2.50 bits per heavy atom. The van der Waals surface area contributed by atoms with E-state index in [1.54, 1.807) is 0 Å². The van der Waals surface area contributed by atoms with Crippen LogP contribution in [0, 0.1) is 0 Å². The van der Waals surface area contributed by atoms with Crippen molar-refractivity contribution >= 4 is 17.7 Å². The molecule has 2 aromatic rings. The molecule has 2 unspecified atom stereocenters. The number of benzene rings is 1. The van der Waals surface area contributed by atoms with Gasteiger partial charge in [-0.2, -0.15) is 0 Å². The van der Waals surface area contributed by atoms with E-state index in [0.717, 1.165) is 25.9 Å². The molecule has 1 fully saturated rings. The molecule has 0 spiro atoms. The molecular weight excluding hydrogens is 346 g/mol. The van der Waals surface area contributed by atoms with Crippen LogP contribution < -0.4 is 0 Å². The lowest BCUT2D eigenvalue weighted by Gasteiger charge is -2.23. The fourth-order valence-electron chi connectivity index (χ4n) is 3.28. The Morgan fingerprint density at radius 2 is 1.81 bits per heavy atom. The Bertz CT molecular complexity index is 696. The summed E-state index contributed by atoms with van der Waals surface area (Å²) in [6.07, 6.45) is 5.35. The van der Waals surface area contributed by atoms with Crippen molar-refractivity contribution in [2.75, 3.05) is 13.1 Å². The zero-order valence-corrected chi connectivity index (χ0v) is 16.4. The van der Waals surface area contributed by atoms with Crippen molar-refractivity contribution in [3.63, 3.8) is 0 Å². The number of nitrogens with zero attached hydrogens (tertiary/aromatic N) is 3. The van der Waals surface area contributed by atoms with Gasteiger partial charge in [0.25, 0.3) is 5.22 Å². The van der Waals surface area contributed by atoms with Crippen molar-refractivity contribution in [2.45, 2.75) is 62.3 Å². The molecule has 1 aliphatic rings. The first kappa shape index (κ1) is 19.0. The van der Waals surface area contributed by atoms with Crippen LogP contribution in [0.15, 0.2) is 40.0 Å². The number of carbonyl (C=O) groups is 1. The lowest BCUT2D eigenvalue weighted by atomic mass is 9.98. The molecule has 2 heterocycles. The normalized spacial score (nSPS) is 17.5. The average Bonchev–Trinajstić information content (AvgIpc) is 2.92. The molecule has 2 atom stereocenters. The Balaban J connectivity index is 1.55. The molecule has 1 aromatic heterocycles. The van der Waals surface area contributed by atoms with Crippen molar-refractivity contribution < 1.29 is 9.21 Å². The number of hydrogen-bond acceptors (Lipinski definition) is 5. The zero-order chi connectivity index (χ0) is 18.4. The number of amides is 1. The van der Waals surface area contributed by atoms with Crippen molar-refractivity contribution in [3.05, 3.63) is 41.8 Å². The largest absolute Gasteiger partial charge is 0.416 e. The minimum atomic E-state index is -0.201. The molecule has 5 nitrogen and oxygen atoms in total. The number of hydrogen-bond donors (Lipinski definition) is 0. The van der Waals surface area contributed by atoms with Gasteiger partial charge in [0.15, 0.2) is 0 Å². The number of carbonyl (C=O) groups excluding carboxylic acids is 1. The molecule has 26 heavy (non-hydrogen) atoms. The van der Waals surface area contributed by atoms with E-state index < -0.39 is 0 Å². The molecule has 1 aliphatic heterocycles. The first-order chi connectivity index (χ1) is 12.6. The van der Waals surface area contributed by atoms with E-state index in [1.807, 2.05) is 30.0 Å². The number of thioether (sulfide) groups is 1. The third-order valence-electron chi connectivity index (χ3n) is 4.84. The van der Waals surface area contributed by atoms with E-state index in [2.05, 4.69) is 29.3 Å². The lowest BCUT2D eigenvalue weighted by molar-refractivity contribution is -0.130. The molecule has 0 N–H and O–H groups in total. The molecule has 3 rings (SSSR count). The molecule has 0 aliphatic carbocycles. The summed E-state index contributed by atoms with van der Waals surface area (Å²) in [6, 6.07) is 10.3.